The van der Waals surface area contributed by atoms with E-state index in [1.54, 1.807) is 6.08 Å². The SMILES string of the molecule is CC1=C[C@H](N)N=C(Cl)N1. The van der Waals surface area contributed by atoms with Crippen molar-refractivity contribution in [1.82, 2.24) is 5.32 Å². The van der Waals surface area contributed by atoms with E-state index in [0.29, 0.717) is 5.29 Å². The van der Waals surface area contributed by atoms with E-state index < -0.39 is 0 Å². The molecule has 0 aromatic heterocycles. The van der Waals surface area contributed by atoms with Crippen molar-refractivity contribution in [2.45, 2.75) is 13.1 Å². The maximum absolute atomic E-state index is 5.52. The molecule has 0 amide bonds. The highest BCUT2D eigenvalue weighted by Crippen LogP contribution is 2.00. The Kier molecular flexibility index (Phi) is 1.73. The van der Waals surface area contributed by atoms with Crippen LogP contribution in [0.5, 0.6) is 0 Å². The molecule has 1 aliphatic rings. The van der Waals surface area contributed by atoms with Crippen molar-refractivity contribution in [1.29, 1.82) is 0 Å². The molecule has 0 radical (unpaired) electrons. The summed E-state index contributed by atoms with van der Waals surface area (Å²) in [5.41, 5.74) is 6.37. The number of rotatable bonds is 0. The summed E-state index contributed by atoms with van der Waals surface area (Å²) in [5.74, 6) is 0. The van der Waals surface area contributed by atoms with Gasteiger partial charge in [-0.2, -0.15) is 0 Å². The average molecular weight is 146 g/mol. The molecule has 1 heterocycles. The summed E-state index contributed by atoms with van der Waals surface area (Å²) in [6, 6.07) is 0. The van der Waals surface area contributed by atoms with Crippen LogP contribution in [0.4, 0.5) is 0 Å². The summed E-state index contributed by atoms with van der Waals surface area (Å²) in [6.07, 6.45) is 1.52. The van der Waals surface area contributed by atoms with E-state index in [2.05, 4.69) is 10.3 Å². The third-order valence-corrected chi connectivity index (χ3v) is 1.18. The zero-order valence-electron chi connectivity index (χ0n) is 5.06. The Morgan fingerprint density at radius 3 is 3.00 bits per heavy atom. The number of nitrogens with one attached hydrogen (secondary N) is 1. The number of hydrogen-bond acceptors (Lipinski definition) is 3. The third kappa shape index (κ3) is 1.69. The molecular weight excluding hydrogens is 138 g/mol. The van der Waals surface area contributed by atoms with Gasteiger partial charge in [0.2, 0.25) is 0 Å². The molecule has 0 saturated carbocycles. The van der Waals surface area contributed by atoms with Crippen LogP contribution in [-0.2, 0) is 0 Å². The number of nitrogens with two attached hydrogens (primary N) is 1. The van der Waals surface area contributed by atoms with Crippen LogP contribution in [-0.4, -0.2) is 11.5 Å². The van der Waals surface area contributed by atoms with E-state index >= 15 is 0 Å². The number of aliphatic imine (C=N–C) groups is 1. The Morgan fingerprint density at radius 2 is 2.56 bits per heavy atom. The number of hydrogen-bond donors (Lipinski definition) is 2. The van der Waals surface area contributed by atoms with Crippen LogP contribution in [0.1, 0.15) is 6.92 Å². The topological polar surface area (TPSA) is 50.4 Å². The molecule has 0 aliphatic carbocycles. The first kappa shape index (κ1) is 6.58. The zero-order chi connectivity index (χ0) is 6.85. The molecule has 1 atom stereocenters. The fourth-order valence-corrected chi connectivity index (χ4v) is 0.923. The van der Waals surface area contributed by atoms with Crippen molar-refractivity contribution >= 4 is 16.9 Å². The maximum Gasteiger partial charge on any atom is 0.197 e. The van der Waals surface area contributed by atoms with Crippen molar-refractivity contribution in [2.75, 3.05) is 0 Å². The second-order valence-corrected chi connectivity index (χ2v) is 2.24. The Labute approximate surface area is 58.6 Å². The van der Waals surface area contributed by atoms with E-state index in [9.17, 15) is 0 Å². The number of nitrogens with zero attached hydrogens (tertiary/aromatic N) is 1. The molecule has 3 nitrogen and oxygen atoms in total. The monoisotopic (exact) mass is 145 g/mol. The molecule has 9 heavy (non-hydrogen) atoms. The maximum atomic E-state index is 5.52. The van der Waals surface area contributed by atoms with E-state index in [0.717, 1.165) is 5.70 Å². The second kappa shape index (κ2) is 2.37. The lowest BCUT2D eigenvalue weighted by Crippen LogP contribution is -2.28. The van der Waals surface area contributed by atoms with Gasteiger partial charge >= 0.3 is 0 Å². The average Bonchev–Trinajstić information content (AvgIpc) is 1.59. The van der Waals surface area contributed by atoms with Gasteiger partial charge in [-0.25, -0.2) is 4.99 Å². The van der Waals surface area contributed by atoms with E-state index in [4.69, 9.17) is 17.3 Å². The fourth-order valence-electron chi connectivity index (χ4n) is 0.661. The molecule has 4 heteroatoms. The van der Waals surface area contributed by atoms with E-state index in [1.807, 2.05) is 6.92 Å². The van der Waals surface area contributed by atoms with Crippen LogP contribution in [0, 0.1) is 0 Å². The highest BCUT2D eigenvalue weighted by molar-refractivity contribution is 6.65. The molecule has 0 saturated heterocycles. The smallest absolute Gasteiger partial charge is 0.197 e. The van der Waals surface area contributed by atoms with Crippen molar-refractivity contribution < 1.29 is 0 Å². The second-order valence-electron chi connectivity index (χ2n) is 1.89. The quantitative estimate of drug-likeness (QED) is 0.484. The van der Waals surface area contributed by atoms with Crippen molar-refractivity contribution in [3.63, 3.8) is 0 Å². The molecule has 0 unspecified atom stereocenters. The van der Waals surface area contributed by atoms with Gasteiger partial charge in [0.25, 0.3) is 0 Å². The molecule has 0 spiro atoms. The van der Waals surface area contributed by atoms with Crippen LogP contribution in [0.25, 0.3) is 0 Å². The van der Waals surface area contributed by atoms with Gasteiger partial charge in [0, 0.05) is 5.70 Å². The number of amidine groups is 1. The minimum Gasteiger partial charge on any atom is -0.335 e. The number of allylic oxidation sites excluding steroid dienone is 1. The molecule has 50 valence electrons. The van der Waals surface area contributed by atoms with Crippen LogP contribution < -0.4 is 11.1 Å². The minimum atomic E-state index is -0.279. The Hall–Kier alpha value is -0.540. The standard InChI is InChI=1S/C5H8ClN3/c1-3-2-4(7)9-5(6)8-3/h2,4H,7H2,1H3,(H,8,9)/t4-/m1/s1. The highest BCUT2D eigenvalue weighted by atomic mass is 35.5. The predicted molar refractivity (Wildman–Crippen MR) is 38.2 cm³/mol. The number of halogens is 1. The van der Waals surface area contributed by atoms with E-state index in [1.165, 1.54) is 0 Å². The Bertz CT molecular complexity index is 155. The molecule has 0 aromatic carbocycles. The van der Waals surface area contributed by atoms with Gasteiger partial charge in [0.15, 0.2) is 5.29 Å². The van der Waals surface area contributed by atoms with E-state index in [-0.39, 0.29) is 6.17 Å². The summed E-state index contributed by atoms with van der Waals surface area (Å²) in [5, 5.41) is 3.17. The van der Waals surface area contributed by atoms with Gasteiger partial charge < -0.3 is 11.1 Å². The highest BCUT2D eigenvalue weighted by Gasteiger charge is 2.04. The summed E-state index contributed by atoms with van der Waals surface area (Å²) in [4.78, 5) is 3.81. The van der Waals surface area contributed by atoms with Gasteiger partial charge in [-0.05, 0) is 24.6 Å². The normalized spacial score (nSPS) is 26.3. The van der Waals surface area contributed by atoms with Crippen molar-refractivity contribution in [3.8, 4) is 0 Å². The van der Waals surface area contributed by atoms with Gasteiger partial charge in [-0.15, -0.1) is 0 Å². The minimum absolute atomic E-state index is 0.279. The molecule has 1 aliphatic heterocycles. The van der Waals surface area contributed by atoms with Crippen LogP contribution >= 0.6 is 11.6 Å². The lowest BCUT2D eigenvalue weighted by atomic mass is 10.3. The summed E-state index contributed by atoms with van der Waals surface area (Å²) < 4.78 is 0. The van der Waals surface area contributed by atoms with Gasteiger partial charge in [-0.3, -0.25) is 0 Å². The van der Waals surface area contributed by atoms with Gasteiger partial charge in [0.05, 0.1) is 0 Å². The molecular formula is C5H8ClN3. The van der Waals surface area contributed by atoms with Gasteiger partial charge in [-0.1, -0.05) is 0 Å². The zero-order valence-corrected chi connectivity index (χ0v) is 5.81. The molecule has 0 bridgehead atoms. The third-order valence-electron chi connectivity index (χ3n) is 0.983. The summed E-state index contributed by atoms with van der Waals surface area (Å²) in [7, 11) is 0. The van der Waals surface area contributed by atoms with Crippen LogP contribution in [0.3, 0.4) is 0 Å². The molecule has 1 rings (SSSR count). The Balaban J connectivity index is 2.69. The molecule has 0 aromatic rings. The fraction of sp³-hybridized carbons (Fsp3) is 0.400. The van der Waals surface area contributed by atoms with Crippen molar-refractivity contribution in [2.24, 2.45) is 10.7 Å². The first-order valence-electron chi connectivity index (χ1n) is 2.63. The van der Waals surface area contributed by atoms with Gasteiger partial charge in [0.1, 0.15) is 6.17 Å². The van der Waals surface area contributed by atoms with Crippen LogP contribution in [0.15, 0.2) is 16.8 Å². The first-order valence-corrected chi connectivity index (χ1v) is 3.00. The summed E-state index contributed by atoms with van der Waals surface area (Å²) in [6.45, 7) is 1.89. The molecule has 0 fully saturated rings. The largest absolute Gasteiger partial charge is 0.335 e. The lowest BCUT2D eigenvalue weighted by Gasteiger charge is -2.12. The van der Waals surface area contributed by atoms with Crippen LogP contribution in [0.2, 0.25) is 0 Å². The predicted octanol–water partition coefficient (Wildman–Crippen LogP) is 0.373. The molecule has 3 N–H and O–H groups in total. The first-order chi connectivity index (χ1) is 4.18. The summed E-state index contributed by atoms with van der Waals surface area (Å²) >= 11 is 5.52. The van der Waals surface area contributed by atoms with Crippen molar-refractivity contribution in [3.05, 3.63) is 11.8 Å². The lowest BCUT2D eigenvalue weighted by molar-refractivity contribution is 0.828. The Morgan fingerprint density at radius 1 is 1.89 bits per heavy atom.